The second-order valence-electron chi connectivity index (χ2n) is 4.63. The molecule has 15 heavy (non-hydrogen) atoms. The van der Waals surface area contributed by atoms with Crippen LogP contribution in [-0.4, -0.2) is 16.0 Å². The van der Waals surface area contributed by atoms with E-state index in [-0.39, 0.29) is 0 Å². The van der Waals surface area contributed by atoms with Gasteiger partial charge in [-0.15, -0.1) is 0 Å². The van der Waals surface area contributed by atoms with Crippen LogP contribution in [0, 0.1) is 11.8 Å². The van der Waals surface area contributed by atoms with Crippen LogP contribution in [0.3, 0.4) is 0 Å². The molecule has 2 N–H and O–H groups in total. The fourth-order valence-corrected chi connectivity index (χ4v) is 2.73. The van der Waals surface area contributed by atoms with Crippen LogP contribution in [0.5, 0.6) is 0 Å². The van der Waals surface area contributed by atoms with Gasteiger partial charge in [0.15, 0.2) is 0 Å². The maximum absolute atomic E-state index is 4.22. The average Bonchev–Trinajstić information content (AvgIpc) is 2.85. The predicted octanol–water partition coefficient (Wildman–Crippen LogP) is 2.32. The molecule has 3 nitrogen and oxygen atoms in total. The Bertz CT molecular complexity index is 281. The van der Waals surface area contributed by atoms with E-state index in [4.69, 9.17) is 0 Å². The van der Waals surface area contributed by atoms with Crippen molar-refractivity contribution in [1.29, 1.82) is 0 Å². The summed E-state index contributed by atoms with van der Waals surface area (Å²) in [7, 11) is 0. The molecule has 0 amide bonds. The van der Waals surface area contributed by atoms with Gasteiger partial charge < -0.3 is 10.3 Å². The molecule has 1 heterocycles. The number of aromatic amines is 1. The molecule has 1 aliphatic carbocycles. The van der Waals surface area contributed by atoms with E-state index in [0.717, 1.165) is 24.2 Å². The van der Waals surface area contributed by atoms with E-state index in [2.05, 4.69) is 29.1 Å². The monoisotopic (exact) mass is 207 g/mol. The molecule has 0 bridgehead atoms. The summed E-state index contributed by atoms with van der Waals surface area (Å²) < 4.78 is 0. The highest BCUT2D eigenvalue weighted by Crippen LogP contribution is 2.33. The van der Waals surface area contributed by atoms with Crippen LogP contribution >= 0.6 is 0 Å². The van der Waals surface area contributed by atoms with Gasteiger partial charge in [-0.3, -0.25) is 0 Å². The molecular formula is C12H21N3. The highest BCUT2D eigenvalue weighted by Gasteiger charge is 2.30. The maximum atomic E-state index is 4.22. The van der Waals surface area contributed by atoms with Gasteiger partial charge in [-0.1, -0.05) is 20.3 Å². The fourth-order valence-electron chi connectivity index (χ4n) is 2.73. The summed E-state index contributed by atoms with van der Waals surface area (Å²) in [6, 6.07) is 0.681. The normalized spacial score (nSPS) is 30.9. The van der Waals surface area contributed by atoms with E-state index in [1.165, 1.54) is 19.3 Å². The first-order valence-electron chi connectivity index (χ1n) is 6.03. The highest BCUT2D eigenvalue weighted by molar-refractivity contribution is 4.90. The molecule has 1 fully saturated rings. The van der Waals surface area contributed by atoms with Crippen molar-refractivity contribution in [2.45, 2.75) is 45.7 Å². The Kier molecular flexibility index (Phi) is 3.41. The van der Waals surface area contributed by atoms with E-state index in [1.54, 1.807) is 0 Å². The average molecular weight is 207 g/mol. The Balaban J connectivity index is 1.81. The molecule has 1 aliphatic rings. The molecule has 0 aromatic carbocycles. The lowest BCUT2D eigenvalue weighted by atomic mass is 9.93. The number of hydrogen-bond donors (Lipinski definition) is 2. The van der Waals surface area contributed by atoms with Crippen molar-refractivity contribution >= 4 is 0 Å². The third-order valence-electron chi connectivity index (χ3n) is 3.84. The van der Waals surface area contributed by atoms with Crippen LogP contribution in [0.25, 0.3) is 0 Å². The molecule has 1 aromatic heterocycles. The Hall–Kier alpha value is -0.830. The van der Waals surface area contributed by atoms with Gasteiger partial charge in [-0.25, -0.2) is 4.98 Å². The number of nitrogens with zero attached hydrogens (tertiary/aromatic N) is 1. The molecule has 3 atom stereocenters. The topological polar surface area (TPSA) is 40.7 Å². The molecule has 1 saturated carbocycles. The summed E-state index contributed by atoms with van der Waals surface area (Å²) in [4.78, 5) is 7.35. The Morgan fingerprint density at radius 1 is 1.53 bits per heavy atom. The number of imidazole rings is 1. The van der Waals surface area contributed by atoms with Crippen molar-refractivity contribution < 1.29 is 0 Å². The van der Waals surface area contributed by atoms with Gasteiger partial charge in [0.05, 0.1) is 6.54 Å². The number of H-pyrrole nitrogens is 1. The van der Waals surface area contributed by atoms with E-state index in [0.29, 0.717) is 6.04 Å². The predicted molar refractivity (Wildman–Crippen MR) is 61.4 cm³/mol. The molecule has 3 heteroatoms. The summed E-state index contributed by atoms with van der Waals surface area (Å²) in [5.41, 5.74) is 0. The van der Waals surface area contributed by atoms with Gasteiger partial charge in [0.2, 0.25) is 0 Å². The molecule has 0 aliphatic heterocycles. The van der Waals surface area contributed by atoms with E-state index in [9.17, 15) is 0 Å². The van der Waals surface area contributed by atoms with Gasteiger partial charge in [-0.2, -0.15) is 0 Å². The van der Waals surface area contributed by atoms with Gasteiger partial charge >= 0.3 is 0 Å². The van der Waals surface area contributed by atoms with Crippen molar-refractivity contribution in [3.63, 3.8) is 0 Å². The smallest absolute Gasteiger partial charge is 0.120 e. The minimum absolute atomic E-state index is 0.681. The van der Waals surface area contributed by atoms with Gasteiger partial charge in [-0.05, 0) is 24.7 Å². The number of hydrogen-bond acceptors (Lipinski definition) is 2. The van der Waals surface area contributed by atoms with E-state index < -0.39 is 0 Å². The van der Waals surface area contributed by atoms with Crippen LogP contribution in [0.4, 0.5) is 0 Å². The molecule has 0 radical (unpaired) electrons. The number of rotatable bonds is 4. The SMILES string of the molecule is CCC1CCC(NCc2ncc[nH]2)C1C. The van der Waals surface area contributed by atoms with Gasteiger partial charge in [0, 0.05) is 18.4 Å². The van der Waals surface area contributed by atoms with E-state index in [1.807, 2.05) is 12.4 Å². The molecule has 2 rings (SSSR count). The lowest BCUT2D eigenvalue weighted by Crippen LogP contribution is -2.32. The Morgan fingerprint density at radius 3 is 3.00 bits per heavy atom. The largest absolute Gasteiger partial charge is 0.348 e. The molecule has 0 saturated heterocycles. The van der Waals surface area contributed by atoms with Gasteiger partial charge in [0.1, 0.15) is 5.82 Å². The second kappa shape index (κ2) is 4.79. The van der Waals surface area contributed by atoms with Crippen LogP contribution < -0.4 is 5.32 Å². The second-order valence-corrected chi connectivity index (χ2v) is 4.63. The van der Waals surface area contributed by atoms with Crippen molar-refractivity contribution in [1.82, 2.24) is 15.3 Å². The van der Waals surface area contributed by atoms with Crippen LogP contribution in [0.2, 0.25) is 0 Å². The van der Waals surface area contributed by atoms with Gasteiger partial charge in [0.25, 0.3) is 0 Å². The first kappa shape index (κ1) is 10.7. The zero-order valence-corrected chi connectivity index (χ0v) is 9.66. The van der Waals surface area contributed by atoms with Crippen molar-refractivity contribution in [2.75, 3.05) is 0 Å². The third kappa shape index (κ3) is 2.40. The number of aromatic nitrogens is 2. The summed E-state index contributed by atoms with van der Waals surface area (Å²) in [5, 5.41) is 3.60. The quantitative estimate of drug-likeness (QED) is 0.795. The third-order valence-corrected chi connectivity index (χ3v) is 3.84. The molecule has 0 spiro atoms. The molecule has 1 aromatic rings. The minimum atomic E-state index is 0.681. The highest BCUT2D eigenvalue weighted by atomic mass is 15.0. The summed E-state index contributed by atoms with van der Waals surface area (Å²) in [5.74, 6) is 2.77. The Morgan fingerprint density at radius 2 is 2.40 bits per heavy atom. The summed E-state index contributed by atoms with van der Waals surface area (Å²) in [6.07, 6.45) is 7.71. The standard InChI is InChI=1S/C12H21N3/c1-3-10-4-5-11(9(10)2)15-8-12-13-6-7-14-12/h6-7,9-11,15H,3-5,8H2,1-2H3,(H,13,14). The minimum Gasteiger partial charge on any atom is -0.348 e. The maximum Gasteiger partial charge on any atom is 0.120 e. The van der Waals surface area contributed by atoms with Crippen molar-refractivity contribution in [2.24, 2.45) is 11.8 Å². The lowest BCUT2D eigenvalue weighted by molar-refractivity contribution is 0.343. The first-order chi connectivity index (χ1) is 7.31. The summed E-state index contributed by atoms with van der Waals surface area (Å²) in [6.45, 7) is 5.55. The fraction of sp³-hybridized carbons (Fsp3) is 0.750. The van der Waals surface area contributed by atoms with Crippen LogP contribution in [0.15, 0.2) is 12.4 Å². The molecular weight excluding hydrogens is 186 g/mol. The first-order valence-corrected chi connectivity index (χ1v) is 6.03. The van der Waals surface area contributed by atoms with E-state index >= 15 is 0 Å². The lowest BCUT2D eigenvalue weighted by Gasteiger charge is -2.20. The molecule has 3 unspecified atom stereocenters. The molecule has 84 valence electrons. The number of nitrogens with one attached hydrogen (secondary N) is 2. The van der Waals surface area contributed by atoms with Crippen molar-refractivity contribution in [3.05, 3.63) is 18.2 Å². The zero-order valence-electron chi connectivity index (χ0n) is 9.66. The van der Waals surface area contributed by atoms with Crippen LogP contribution in [-0.2, 0) is 6.54 Å². The van der Waals surface area contributed by atoms with Crippen molar-refractivity contribution in [3.8, 4) is 0 Å². The zero-order chi connectivity index (χ0) is 10.7. The van der Waals surface area contributed by atoms with Crippen LogP contribution in [0.1, 0.15) is 38.9 Å². The Labute approximate surface area is 91.7 Å². The summed E-state index contributed by atoms with van der Waals surface area (Å²) >= 11 is 0.